The summed E-state index contributed by atoms with van der Waals surface area (Å²) in [6.07, 6.45) is 3.78. The molecule has 0 saturated heterocycles. The number of fused-ring (bicyclic) bond motifs is 1. The monoisotopic (exact) mass is 451 g/mol. The Kier molecular flexibility index (Phi) is 6.53. The lowest BCUT2D eigenvalue weighted by atomic mass is 10.1. The topological polar surface area (TPSA) is 72.2 Å². The minimum Gasteiger partial charge on any atom is -0.326 e. The Morgan fingerprint density at radius 3 is 2.58 bits per heavy atom. The highest BCUT2D eigenvalue weighted by Gasteiger charge is 2.15. The molecule has 0 spiro atoms. The quantitative estimate of drug-likeness (QED) is 0.382. The number of hydrogen-bond donors (Lipinski definition) is 1. The predicted octanol–water partition coefficient (Wildman–Crippen LogP) is 5.37. The molecule has 0 aliphatic heterocycles. The van der Waals surface area contributed by atoms with E-state index in [0.29, 0.717) is 17.2 Å². The lowest BCUT2D eigenvalue weighted by molar-refractivity contribution is -0.115. The van der Waals surface area contributed by atoms with E-state index in [1.165, 1.54) is 11.9 Å². The Hall–Kier alpha value is -2.90. The third-order valence-corrected chi connectivity index (χ3v) is 6.19. The molecule has 0 fully saturated rings. The van der Waals surface area contributed by atoms with Gasteiger partial charge in [0.05, 0.1) is 6.42 Å². The van der Waals surface area contributed by atoms with Crippen LogP contribution in [0.3, 0.4) is 0 Å². The molecule has 158 valence electrons. The van der Waals surface area contributed by atoms with Crippen molar-refractivity contribution in [3.05, 3.63) is 76.7 Å². The zero-order chi connectivity index (χ0) is 21.8. The molecule has 2 heterocycles. The molecule has 0 saturated carbocycles. The van der Waals surface area contributed by atoms with Crippen molar-refractivity contribution >= 4 is 40.7 Å². The van der Waals surface area contributed by atoms with E-state index in [-0.39, 0.29) is 5.91 Å². The SMILES string of the molecule is CCCc1c(C)nc2ncnn2c1Sc1ccc(NC(=O)Cc2ccc(Cl)cc2)cc1. The van der Waals surface area contributed by atoms with Crippen molar-refractivity contribution in [1.29, 1.82) is 0 Å². The van der Waals surface area contributed by atoms with Crippen LogP contribution in [0, 0.1) is 6.92 Å². The van der Waals surface area contributed by atoms with Crippen LogP contribution in [0.25, 0.3) is 5.78 Å². The Morgan fingerprint density at radius 1 is 1.13 bits per heavy atom. The van der Waals surface area contributed by atoms with E-state index in [4.69, 9.17) is 11.6 Å². The van der Waals surface area contributed by atoms with Crippen molar-refractivity contribution in [2.24, 2.45) is 0 Å². The Balaban J connectivity index is 1.49. The smallest absolute Gasteiger partial charge is 0.253 e. The van der Waals surface area contributed by atoms with Crippen molar-refractivity contribution in [2.75, 3.05) is 5.32 Å². The van der Waals surface area contributed by atoms with Gasteiger partial charge in [0.2, 0.25) is 5.91 Å². The van der Waals surface area contributed by atoms with Gasteiger partial charge >= 0.3 is 0 Å². The first-order valence-corrected chi connectivity index (χ1v) is 11.2. The number of anilines is 1. The second kappa shape index (κ2) is 9.49. The molecule has 4 rings (SSSR count). The number of benzene rings is 2. The number of nitrogens with zero attached hydrogens (tertiary/aromatic N) is 4. The van der Waals surface area contributed by atoms with Crippen LogP contribution in [-0.2, 0) is 17.6 Å². The van der Waals surface area contributed by atoms with Gasteiger partial charge in [-0.3, -0.25) is 4.79 Å². The van der Waals surface area contributed by atoms with Crippen LogP contribution in [0.4, 0.5) is 5.69 Å². The van der Waals surface area contributed by atoms with Gasteiger partial charge < -0.3 is 5.32 Å². The van der Waals surface area contributed by atoms with Gasteiger partial charge in [-0.1, -0.05) is 48.8 Å². The minimum absolute atomic E-state index is 0.0676. The van der Waals surface area contributed by atoms with Crippen molar-refractivity contribution in [2.45, 2.75) is 43.0 Å². The molecule has 1 N–H and O–H groups in total. The summed E-state index contributed by atoms with van der Waals surface area (Å²) < 4.78 is 1.80. The number of aryl methyl sites for hydroxylation is 1. The largest absolute Gasteiger partial charge is 0.326 e. The lowest BCUT2D eigenvalue weighted by Crippen LogP contribution is -2.14. The zero-order valence-corrected chi connectivity index (χ0v) is 18.9. The summed E-state index contributed by atoms with van der Waals surface area (Å²) in [6.45, 7) is 4.17. The lowest BCUT2D eigenvalue weighted by Gasteiger charge is -2.13. The summed E-state index contributed by atoms with van der Waals surface area (Å²) in [5, 5.41) is 8.99. The fraction of sp³-hybridized carbons (Fsp3) is 0.217. The molecule has 0 unspecified atom stereocenters. The standard InChI is InChI=1S/C23H22ClN5OS/c1-3-4-20-15(2)27-23-25-14-26-29(23)22(20)31-19-11-9-18(10-12-19)28-21(30)13-16-5-7-17(24)8-6-16/h5-12,14H,3-4,13H2,1-2H3,(H,28,30). The van der Waals surface area contributed by atoms with Gasteiger partial charge in [-0.2, -0.15) is 14.6 Å². The molecule has 0 bridgehead atoms. The maximum Gasteiger partial charge on any atom is 0.253 e. The molecule has 0 radical (unpaired) electrons. The van der Waals surface area contributed by atoms with E-state index in [1.807, 2.05) is 43.3 Å². The van der Waals surface area contributed by atoms with Crippen molar-refractivity contribution in [1.82, 2.24) is 19.6 Å². The normalized spacial score (nSPS) is 11.1. The number of halogens is 1. The number of hydrogen-bond acceptors (Lipinski definition) is 5. The molecule has 0 aliphatic rings. The summed E-state index contributed by atoms with van der Waals surface area (Å²) in [4.78, 5) is 22.2. The fourth-order valence-electron chi connectivity index (χ4n) is 3.31. The molecule has 4 aromatic rings. The molecule has 0 aliphatic carbocycles. The van der Waals surface area contributed by atoms with E-state index in [1.54, 1.807) is 28.4 Å². The molecule has 1 amide bonds. The number of nitrogens with one attached hydrogen (secondary N) is 1. The van der Waals surface area contributed by atoms with Crippen LogP contribution in [-0.4, -0.2) is 25.5 Å². The fourth-order valence-corrected chi connectivity index (χ4v) is 4.52. The highest BCUT2D eigenvalue weighted by molar-refractivity contribution is 7.99. The second-order valence-electron chi connectivity index (χ2n) is 7.18. The predicted molar refractivity (Wildman–Crippen MR) is 124 cm³/mol. The van der Waals surface area contributed by atoms with Crippen LogP contribution in [0.1, 0.15) is 30.2 Å². The highest BCUT2D eigenvalue weighted by atomic mass is 35.5. The zero-order valence-electron chi connectivity index (χ0n) is 17.3. The summed E-state index contributed by atoms with van der Waals surface area (Å²) in [5.41, 5.74) is 3.85. The Labute approximate surface area is 190 Å². The maximum atomic E-state index is 12.3. The van der Waals surface area contributed by atoms with Crippen LogP contribution in [0.15, 0.2) is 64.8 Å². The van der Waals surface area contributed by atoms with Crippen molar-refractivity contribution in [3.63, 3.8) is 0 Å². The number of carbonyl (C=O) groups is 1. The average molecular weight is 452 g/mol. The van der Waals surface area contributed by atoms with Crippen LogP contribution < -0.4 is 5.32 Å². The summed E-state index contributed by atoms with van der Waals surface area (Å²) in [6, 6.07) is 15.1. The third-order valence-electron chi connectivity index (χ3n) is 4.82. The van der Waals surface area contributed by atoms with Gasteiger partial charge in [0.1, 0.15) is 11.4 Å². The van der Waals surface area contributed by atoms with Crippen molar-refractivity contribution in [3.8, 4) is 0 Å². The van der Waals surface area contributed by atoms with Crippen molar-refractivity contribution < 1.29 is 4.79 Å². The van der Waals surface area contributed by atoms with Gasteiger partial charge in [0, 0.05) is 26.9 Å². The Bertz CT molecular complexity index is 1210. The van der Waals surface area contributed by atoms with Gasteiger partial charge in [0.25, 0.3) is 5.78 Å². The summed E-state index contributed by atoms with van der Waals surface area (Å²) >= 11 is 7.53. The molecule has 2 aromatic heterocycles. The van der Waals surface area contributed by atoms with E-state index >= 15 is 0 Å². The minimum atomic E-state index is -0.0676. The van der Waals surface area contributed by atoms with Gasteiger partial charge in [-0.05, 0) is 55.3 Å². The third kappa shape index (κ3) is 5.06. The number of carbonyl (C=O) groups excluding carboxylic acids is 1. The van der Waals surface area contributed by atoms with Gasteiger partial charge in [-0.15, -0.1) is 0 Å². The molecular weight excluding hydrogens is 430 g/mol. The molecule has 2 aromatic carbocycles. The van der Waals surface area contributed by atoms with E-state index in [0.717, 1.165) is 39.7 Å². The Morgan fingerprint density at radius 2 is 1.87 bits per heavy atom. The van der Waals surface area contributed by atoms with E-state index in [2.05, 4.69) is 27.3 Å². The van der Waals surface area contributed by atoms with Gasteiger partial charge in [-0.25, -0.2) is 4.98 Å². The van der Waals surface area contributed by atoms with Gasteiger partial charge in [0.15, 0.2) is 0 Å². The van der Waals surface area contributed by atoms with E-state index in [9.17, 15) is 4.79 Å². The molecule has 8 heteroatoms. The maximum absolute atomic E-state index is 12.3. The summed E-state index contributed by atoms with van der Waals surface area (Å²) in [7, 11) is 0. The average Bonchev–Trinajstić information content (AvgIpc) is 3.22. The number of aromatic nitrogens is 4. The molecule has 31 heavy (non-hydrogen) atoms. The van der Waals surface area contributed by atoms with Crippen LogP contribution in [0.5, 0.6) is 0 Å². The molecular formula is C23H22ClN5OS. The highest BCUT2D eigenvalue weighted by Crippen LogP contribution is 2.33. The first-order valence-electron chi connectivity index (χ1n) is 10.0. The van der Waals surface area contributed by atoms with Crippen LogP contribution in [0.2, 0.25) is 5.02 Å². The van der Waals surface area contributed by atoms with Crippen LogP contribution >= 0.6 is 23.4 Å². The number of rotatable bonds is 7. The second-order valence-corrected chi connectivity index (χ2v) is 8.68. The molecule has 6 nitrogen and oxygen atoms in total. The first kappa shape index (κ1) is 21.3. The number of amides is 1. The first-order chi connectivity index (χ1) is 15.0. The summed E-state index contributed by atoms with van der Waals surface area (Å²) in [5.74, 6) is 0.535. The van der Waals surface area contributed by atoms with E-state index < -0.39 is 0 Å². The molecule has 0 atom stereocenters.